The molecule has 0 saturated heterocycles. The number of hydrogen-bond acceptors (Lipinski definition) is 6. The van der Waals surface area contributed by atoms with Crippen molar-refractivity contribution >= 4 is 21.4 Å². The van der Waals surface area contributed by atoms with E-state index in [9.17, 15) is 22.9 Å². The third-order valence-corrected chi connectivity index (χ3v) is 4.98. The van der Waals surface area contributed by atoms with Crippen molar-refractivity contribution in [3.63, 3.8) is 0 Å². The van der Waals surface area contributed by atoms with E-state index in [1.165, 1.54) is 19.2 Å². The molecule has 10 heteroatoms. The number of primary sulfonamides is 1. The van der Waals surface area contributed by atoms with Gasteiger partial charge in [0.1, 0.15) is 12.4 Å². The number of hydrogen-bond donors (Lipinski definition) is 2. The van der Waals surface area contributed by atoms with Crippen molar-refractivity contribution in [2.24, 2.45) is 11.1 Å². The van der Waals surface area contributed by atoms with Crippen molar-refractivity contribution in [1.82, 2.24) is 0 Å². The SMILES string of the molecule is COC1(CF)CC(CNc2ccc(S(N)(=O)=O)cc2[N+](=O)[O-])C1. The van der Waals surface area contributed by atoms with Crippen molar-refractivity contribution in [2.75, 3.05) is 25.6 Å². The summed E-state index contributed by atoms with van der Waals surface area (Å²) in [6.07, 6.45) is 1.05. The number of nitro groups is 1. The molecule has 1 aliphatic carbocycles. The van der Waals surface area contributed by atoms with E-state index in [0.29, 0.717) is 19.4 Å². The fourth-order valence-corrected chi connectivity index (χ4v) is 3.24. The molecule has 8 nitrogen and oxygen atoms in total. The quantitative estimate of drug-likeness (QED) is 0.568. The molecule has 0 aromatic heterocycles. The first kappa shape index (κ1) is 17.6. The molecule has 1 aromatic carbocycles. The number of nitrogens with two attached hydrogens (primary N) is 1. The Morgan fingerprint density at radius 3 is 2.65 bits per heavy atom. The highest BCUT2D eigenvalue weighted by Gasteiger charge is 2.44. The minimum absolute atomic E-state index is 0.128. The Bertz CT molecular complexity index is 698. The third-order valence-electron chi connectivity index (χ3n) is 4.07. The minimum atomic E-state index is -4.01. The van der Waals surface area contributed by atoms with Gasteiger partial charge in [0.15, 0.2) is 0 Å². The fraction of sp³-hybridized carbons (Fsp3) is 0.538. The van der Waals surface area contributed by atoms with E-state index in [0.717, 1.165) is 6.07 Å². The van der Waals surface area contributed by atoms with Gasteiger partial charge in [0.25, 0.3) is 5.69 Å². The number of benzene rings is 1. The van der Waals surface area contributed by atoms with E-state index in [2.05, 4.69) is 5.32 Å². The highest BCUT2D eigenvalue weighted by Crippen LogP contribution is 2.41. The summed E-state index contributed by atoms with van der Waals surface area (Å²) in [5.74, 6) is 0.128. The highest BCUT2D eigenvalue weighted by atomic mass is 32.2. The van der Waals surface area contributed by atoms with E-state index in [4.69, 9.17) is 9.88 Å². The van der Waals surface area contributed by atoms with Gasteiger partial charge in [-0.15, -0.1) is 0 Å². The number of nitrogens with one attached hydrogen (secondary N) is 1. The molecular weight excluding hydrogens is 329 g/mol. The first-order chi connectivity index (χ1) is 10.7. The van der Waals surface area contributed by atoms with Gasteiger partial charge in [-0.05, 0) is 30.9 Å². The van der Waals surface area contributed by atoms with Crippen LogP contribution in [0.3, 0.4) is 0 Å². The van der Waals surface area contributed by atoms with Gasteiger partial charge in [0.05, 0.1) is 15.4 Å². The maximum Gasteiger partial charge on any atom is 0.293 e. The zero-order valence-electron chi connectivity index (χ0n) is 12.5. The maximum absolute atomic E-state index is 12.9. The minimum Gasteiger partial charge on any atom is -0.379 e. The molecule has 3 N–H and O–H groups in total. The molecule has 0 bridgehead atoms. The molecule has 1 fully saturated rings. The number of halogens is 1. The van der Waals surface area contributed by atoms with Crippen LogP contribution in [0.4, 0.5) is 15.8 Å². The third kappa shape index (κ3) is 3.77. The van der Waals surface area contributed by atoms with Crippen LogP contribution in [0.5, 0.6) is 0 Å². The molecule has 2 rings (SSSR count). The molecule has 23 heavy (non-hydrogen) atoms. The molecule has 128 valence electrons. The fourth-order valence-electron chi connectivity index (χ4n) is 2.71. The van der Waals surface area contributed by atoms with Gasteiger partial charge in [-0.2, -0.15) is 0 Å². The van der Waals surface area contributed by atoms with Crippen molar-refractivity contribution in [3.8, 4) is 0 Å². The van der Waals surface area contributed by atoms with Crippen LogP contribution in [-0.2, 0) is 14.8 Å². The standard InChI is InChI=1S/C13H18FN3O5S/c1-22-13(8-14)5-9(6-13)7-16-11-3-2-10(23(15,20)21)4-12(11)17(18)19/h2-4,9,16H,5-8H2,1H3,(H2,15,20,21). The van der Waals surface area contributed by atoms with Gasteiger partial charge in [-0.25, -0.2) is 17.9 Å². The summed E-state index contributed by atoms with van der Waals surface area (Å²) in [6.45, 7) is -0.163. The Kier molecular flexibility index (Phi) is 4.87. The largest absolute Gasteiger partial charge is 0.379 e. The van der Waals surface area contributed by atoms with E-state index in [1.807, 2.05) is 0 Å². The first-order valence-electron chi connectivity index (χ1n) is 6.87. The van der Waals surface area contributed by atoms with Crippen LogP contribution in [-0.4, -0.2) is 39.3 Å². The van der Waals surface area contributed by atoms with Crippen LogP contribution >= 0.6 is 0 Å². The second kappa shape index (κ2) is 6.38. The van der Waals surface area contributed by atoms with Gasteiger partial charge in [0, 0.05) is 19.7 Å². The van der Waals surface area contributed by atoms with Gasteiger partial charge in [-0.3, -0.25) is 10.1 Å². The average molecular weight is 347 g/mol. The molecule has 0 heterocycles. The molecule has 0 atom stereocenters. The number of alkyl halides is 1. The number of nitrogens with zero attached hydrogens (tertiary/aromatic N) is 1. The second-order valence-corrected chi connectivity index (χ2v) is 7.22. The number of sulfonamides is 1. The summed E-state index contributed by atoms with van der Waals surface area (Å²) in [5, 5.41) is 19.0. The lowest BCUT2D eigenvalue weighted by molar-refractivity contribution is -0.384. The molecule has 0 radical (unpaired) electrons. The molecule has 1 saturated carbocycles. The van der Waals surface area contributed by atoms with Crippen LogP contribution in [0.25, 0.3) is 0 Å². The average Bonchev–Trinajstić information content (AvgIpc) is 2.45. The topological polar surface area (TPSA) is 125 Å². The van der Waals surface area contributed by atoms with Gasteiger partial charge < -0.3 is 10.1 Å². The van der Waals surface area contributed by atoms with Crippen LogP contribution in [0, 0.1) is 16.0 Å². The van der Waals surface area contributed by atoms with Crippen molar-refractivity contribution in [3.05, 3.63) is 28.3 Å². The summed E-state index contributed by atoms with van der Waals surface area (Å²) in [5.41, 5.74) is -0.924. The summed E-state index contributed by atoms with van der Waals surface area (Å²) in [7, 11) is -2.55. The lowest BCUT2D eigenvalue weighted by Crippen LogP contribution is -2.49. The lowest BCUT2D eigenvalue weighted by atomic mass is 9.71. The number of nitro benzene ring substituents is 1. The molecule has 0 unspecified atom stereocenters. The number of ether oxygens (including phenoxy) is 1. The summed E-state index contributed by atoms with van der Waals surface area (Å²) >= 11 is 0. The second-order valence-electron chi connectivity index (χ2n) is 5.66. The van der Waals surface area contributed by atoms with E-state index >= 15 is 0 Å². The monoisotopic (exact) mass is 347 g/mol. The van der Waals surface area contributed by atoms with Crippen molar-refractivity contribution in [2.45, 2.75) is 23.3 Å². The number of anilines is 1. The molecular formula is C13H18FN3O5S. The molecule has 1 aliphatic rings. The van der Waals surface area contributed by atoms with E-state index in [1.54, 1.807) is 0 Å². The van der Waals surface area contributed by atoms with Crippen LogP contribution in [0.1, 0.15) is 12.8 Å². The van der Waals surface area contributed by atoms with Crippen LogP contribution in [0.15, 0.2) is 23.1 Å². The first-order valence-corrected chi connectivity index (χ1v) is 8.41. The van der Waals surface area contributed by atoms with Gasteiger partial charge in [-0.1, -0.05) is 0 Å². The van der Waals surface area contributed by atoms with Crippen molar-refractivity contribution in [1.29, 1.82) is 0 Å². The molecule has 0 spiro atoms. The lowest BCUT2D eigenvalue weighted by Gasteiger charge is -2.44. The van der Waals surface area contributed by atoms with Crippen molar-refractivity contribution < 1.29 is 22.5 Å². The normalized spacial score (nSPS) is 24.0. The predicted octanol–water partition coefficient (Wildman–Crippen LogP) is 1.42. The predicted molar refractivity (Wildman–Crippen MR) is 81.4 cm³/mol. The molecule has 0 amide bonds. The Hall–Kier alpha value is -1.78. The Labute approximate surface area is 133 Å². The van der Waals surface area contributed by atoms with Gasteiger partial charge >= 0.3 is 0 Å². The summed E-state index contributed by atoms with van der Waals surface area (Å²) in [4.78, 5) is 10.1. The smallest absolute Gasteiger partial charge is 0.293 e. The Morgan fingerprint density at radius 1 is 1.52 bits per heavy atom. The Morgan fingerprint density at radius 2 is 2.17 bits per heavy atom. The van der Waals surface area contributed by atoms with Gasteiger partial charge in [0.2, 0.25) is 10.0 Å². The molecule has 1 aromatic rings. The summed E-state index contributed by atoms with van der Waals surface area (Å²) < 4.78 is 40.5. The maximum atomic E-state index is 12.9. The summed E-state index contributed by atoms with van der Waals surface area (Å²) in [6, 6.07) is 3.42. The zero-order chi connectivity index (χ0) is 17.3. The van der Waals surface area contributed by atoms with Crippen LogP contribution in [0.2, 0.25) is 0 Å². The van der Waals surface area contributed by atoms with E-state index < -0.39 is 27.2 Å². The van der Waals surface area contributed by atoms with Crippen LogP contribution < -0.4 is 10.5 Å². The Balaban J connectivity index is 2.08. The number of rotatable bonds is 7. The molecule has 0 aliphatic heterocycles. The zero-order valence-corrected chi connectivity index (χ0v) is 13.3. The van der Waals surface area contributed by atoms with E-state index in [-0.39, 0.29) is 22.2 Å². The number of methoxy groups -OCH3 is 1. The highest BCUT2D eigenvalue weighted by molar-refractivity contribution is 7.89.